The molecule has 1 unspecified atom stereocenters. The topological polar surface area (TPSA) is 97.0 Å². The minimum absolute atomic E-state index is 0.0871. The number of rotatable bonds is 9. The number of carbonyl (C=O) groups excluding carboxylic acids is 3. The van der Waals surface area contributed by atoms with E-state index in [9.17, 15) is 14.4 Å². The van der Waals surface area contributed by atoms with Crippen LogP contribution in [0.15, 0.2) is 42.5 Å². The van der Waals surface area contributed by atoms with Crippen molar-refractivity contribution in [3.63, 3.8) is 0 Å². The first-order chi connectivity index (χ1) is 16.3. The highest BCUT2D eigenvalue weighted by molar-refractivity contribution is 5.98. The normalized spacial score (nSPS) is 14.3. The van der Waals surface area contributed by atoms with Gasteiger partial charge in [0.2, 0.25) is 17.7 Å². The van der Waals surface area contributed by atoms with Gasteiger partial charge < -0.3 is 25.0 Å². The molecule has 8 nitrogen and oxygen atoms in total. The number of carbonyl (C=O) groups is 3. The van der Waals surface area contributed by atoms with Crippen LogP contribution in [0, 0.1) is 0 Å². The van der Waals surface area contributed by atoms with Crippen LogP contribution in [0.25, 0.3) is 6.08 Å². The lowest BCUT2D eigenvalue weighted by Crippen LogP contribution is -2.36. The maximum Gasteiger partial charge on any atom is 0.247 e. The standard InChI is InChI=1S/C26H31N3O5/c1-5-29(16-25(31)28-22-10-8-21(9-11-22)27-18(4)30)26(32)12-7-19-14-24-20(13-17(3)34-24)15-23(19)33-6-2/h7-12,14-15,17H,5-6,13,16H2,1-4H3,(H,27,30)(H,28,31). The SMILES string of the molecule is CCOc1cc2c(cc1C=CC(=O)N(CC)CC(=O)Nc1ccc(NC(C)=O)cc1)OC(C)C2. The van der Waals surface area contributed by atoms with E-state index >= 15 is 0 Å². The van der Waals surface area contributed by atoms with Crippen LogP contribution < -0.4 is 20.1 Å². The van der Waals surface area contributed by atoms with E-state index in [0.717, 1.165) is 23.3 Å². The number of hydrogen-bond donors (Lipinski definition) is 2. The number of ether oxygens (including phenoxy) is 2. The van der Waals surface area contributed by atoms with Crippen LogP contribution in [0.2, 0.25) is 0 Å². The molecule has 0 saturated heterocycles. The number of anilines is 2. The minimum Gasteiger partial charge on any atom is -0.493 e. The summed E-state index contributed by atoms with van der Waals surface area (Å²) in [5.74, 6) is 0.741. The third-order valence-electron chi connectivity index (χ3n) is 5.25. The molecule has 3 rings (SSSR count). The number of likely N-dealkylation sites (N-methyl/N-ethyl adjacent to an activating group) is 1. The molecule has 3 amide bonds. The number of benzene rings is 2. The maximum absolute atomic E-state index is 12.8. The summed E-state index contributed by atoms with van der Waals surface area (Å²) in [6.45, 7) is 7.97. The molecule has 1 atom stereocenters. The molecule has 1 aliphatic rings. The van der Waals surface area contributed by atoms with Crippen molar-refractivity contribution in [1.29, 1.82) is 0 Å². The molecule has 2 N–H and O–H groups in total. The summed E-state index contributed by atoms with van der Waals surface area (Å²) in [7, 11) is 0. The van der Waals surface area contributed by atoms with Crippen LogP contribution in [-0.4, -0.2) is 48.4 Å². The molecule has 2 aromatic rings. The first-order valence-corrected chi connectivity index (χ1v) is 11.4. The Balaban J connectivity index is 1.64. The lowest BCUT2D eigenvalue weighted by molar-refractivity contribution is -0.130. The number of fused-ring (bicyclic) bond motifs is 1. The van der Waals surface area contributed by atoms with Crippen molar-refractivity contribution >= 4 is 35.2 Å². The highest BCUT2D eigenvalue weighted by Crippen LogP contribution is 2.35. The maximum atomic E-state index is 12.8. The molecule has 1 heterocycles. The van der Waals surface area contributed by atoms with Gasteiger partial charge in [-0.15, -0.1) is 0 Å². The average Bonchev–Trinajstić information content (AvgIpc) is 3.15. The Hall–Kier alpha value is -3.81. The highest BCUT2D eigenvalue weighted by Gasteiger charge is 2.21. The van der Waals surface area contributed by atoms with E-state index < -0.39 is 0 Å². The van der Waals surface area contributed by atoms with Crippen LogP contribution in [0.3, 0.4) is 0 Å². The minimum atomic E-state index is -0.314. The number of nitrogens with one attached hydrogen (secondary N) is 2. The lowest BCUT2D eigenvalue weighted by Gasteiger charge is -2.19. The second-order valence-corrected chi connectivity index (χ2v) is 8.06. The van der Waals surface area contributed by atoms with Gasteiger partial charge in [-0.1, -0.05) is 0 Å². The molecule has 0 saturated carbocycles. The number of nitrogens with zero attached hydrogens (tertiary/aromatic N) is 1. The Labute approximate surface area is 199 Å². The van der Waals surface area contributed by atoms with Gasteiger partial charge in [-0.3, -0.25) is 14.4 Å². The van der Waals surface area contributed by atoms with Gasteiger partial charge in [0.05, 0.1) is 6.61 Å². The molecule has 8 heteroatoms. The third-order valence-corrected chi connectivity index (χ3v) is 5.25. The van der Waals surface area contributed by atoms with Gasteiger partial charge in [0.1, 0.15) is 24.1 Å². The van der Waals surface area contributed by atoms with Gasteiger partial charge in [0.15, 0.2) is 0 Å². The first-order valence-electron chi connectivity index (χ1n) is 11.4. The molecule has 1 aliphatic heterocycles. The summed E-state index contributed by atoms with van der Waals surface area (Å²) in [4.78, 5) is 37.8. The van der Waals surface area contributed by atoms with Gasteiger partial charge in [-0.25, -0.2) is 0 Å². The highest BCUT2D eigenvalue weighted by atomic mass is 16.5. The van der Waals surface area contributed by atoms with Crippen molar-refractivity contribution < 1.29 is 23.9 Å². The van der Waals surface area contributed by atoms with E-state index in [0.29, 0.717) is 30.3 Å². The molecule has 0 fully saturated rings. The quantitative estimate of drug-likeness (QED) is 0.548. The Bertz CT molecular complexity index is 1080. The summed E-state index contributed by atoms with van der Waals surface area (Å²) in [5.41, 5.74) is 3.06. The Morgan fingerprint density at radius 1 is 1.12 bits per heavy atom. The lowest BCUT2D eigenvalue weighted by atomic mass is 10.1. The zero-order chi connectivity index (χ0) is 24.7. The second kappa shape index (κ2) is 11.4. The van der Waals surface area contributed by atoms with E-state index in [4.69, 9.17) is 9.47 Å². The molecule has 2 aromatic carbocycles. The summed E-state index contributed by atoms with van der Waals surface area (Å²) >= 11 is 0. The van der Waals surface area contributed by atoms with Crippen LogP contribution in [-0.2, 0) is 20.8 Å². The molecular weight excluding hydrogens is 434 g/mol. The molecule has 0 aromatic heterocycles. The zero-order valence-corrected chi connectivity index (χ0v) is 20.0. The van der Waals surface area contributed by atoms with E-state index in [-0.39, 0.29) is 30.4 Å². The van der Waals surface area contributed by atoms with Gasteiger partial charge in [-0.05, 0) is 63.2 Å². The zero-order valence-electron chi connectivity index (χ0n) is 20.0. The smallest absolute Gasteiger partial charge is 0.247 e. The summed E-state index contributed by atoms with van der Waals surface area (Å²) in [5, 5.41) is 5.44. The fourth-order valence-electron chi connectivity index (χ4n) is 3.69. The molecule has 0 radical (unpaired) electrons. The monoisotopic (exact) mass is 465 g/mol. The van der Waals surface area contributed by atoms with Crippen molar-refractivity contribution in [1.82, 2.24) is 4.90 Å². The van der Waals surface area contributed by atoms with Crippen molar-refractivity contribution in [3.05, 3.63) is 53.6 Å². The Morgan fingerprint density at radius 3 is 2.41 bits per heavy atom. The first kappa shape index (κ1) is 24.8. The van der Waals surface area contributed by atoms with E-state index in [1.165, 1.54) is 17.9 Å². The fourth-order valence-corrected chi connectivity index (χ4v) is 3.69. The van der Waals surface area contributed by atoms with Crippen LogP contribution >= 0.6 is 0 Å². The summed E-state index contributed by atoms with van der Waals surface area (Å²) in [6.07, 6.45) is 4.08. The predicted octanol–water partition coefficient (Wildman–Crippen LogP) is 3.87. The van der Waals surface area contributed by atoms with Crippen molar-refractivity contribution in [3.8, 4) is 11.5 Å². The Kier molecular flexibility index (Phi) is 8.29. The van der Waals surface area contributed by atoms with Crippen molar-refractivity contribution in [2.24, 2.45) is 0 Å². The molecule has 0 spiro atoms. The van der Waals surface area contributed by atoms with E-state index in [1.807, 2.05) is 32.9 Å². The molecular formula is C26H31N3O5. The summed E-state index contributed by atoms with van der Waals surface area (Å²) < 4.78 is 11.6. The number of hydrogen-bond acceptors (Lipinski definition) is 5. The fraction of sp³-hybridized carbons (Fsp3) is 0.346. The van der Waals surface area contributed by atoms with Gasteiger partial charge in [0.25, 0.3) is 0 Å². The van der Waals surface area contributed by atoms with Gasteiger partial charge in [-0.2, -0.15) is 0 Å². The number of amides is 3. The summed E-state index contributed by atoms with van der Waals surface area (Å²) in [6, 6.07) is 10.6. The van der Waals surface area contributed by atoms with Gasteiger partial charge in [0, 0.05) is 48.5 Å². The molecule has 0 bridgehead atoms. The third kappa shape index (κ3) is 6.60. The van der Waals surface area contributed by atoms with E-state index in [1.54, 1.807) is 30.3 Å². The van der Waals surface area contributed by atoms with Gasteiger partial charge >= 0.3 is 0 Å². The van der Waals surface area contributed by atoms with Crippen molar-refractivity contribution in [2.45, 2.75) is 40.2 Å². The molecule has 0 aliphatic carbocycles. The van der Waals surface area contributed by atoms with Crippen LogP contribution in [0.1, 0.15) is 38.8 Å². The van der Waals surface area contributed by atoms with Crippen molar-refractivity contribution in [2.75, 3.05) is 30.3 Å². The van der Waals surface area contributed by atoms with E-state index in [2.05, 4.69) is 10.6 Å². The predicted molar refractivity (Wildman–Crippen MR) is 132 cm³/mol. The second-order valence-electron chi connectivity index (χ2n) is 8.06. The molecule has 180 valence electrons. The van der Waals surface area contributed by atoms with Crippen LogP contribution in [0.4, 0.5) is 11.4 Å². The van der Waals surface area contributed by atoms with Crippen LogP contribution in [0.5, 0.6) is 11.5 Å². The average molecular weight is 466 g/mol. The Morgan fingerprint density at radius 2 is 1.79 bits per heavy atom. The largest absolute Gasteiger partial charge is 0.493 e. The molecule has 34 heavy (non-hydrogen) atoms.